The molecule has 2 aliphatic heterocycles. The summed E-state index contributed by atoms with van der Waals surface area (Å²) in [4.78, 5) is 15.5. The van der Waals surface area contributed by atoms with E-state index in [4.69, 9.17) is 16.3 Å². The van der Waals surface area contributed by atoms with E-state index in [-0.39, 0.29) is 23.0 Å². The number of aliphatic hydroxyl groups excluding tert-OH is 1. The third-order valence-electron chi connectivity index (χ3n) is 9.73. The number of amides is 1. The maximum absolute atomic E-state index is 13.1. The van der Waals surface area contributed by atoms with Gasteiger partial charge in [0.1, 0.15) is 5.75 Å². The lowest BCUT2D eigenvalue weighted by Crippen LogP contribution is -2.49. The van der Waals surface area contributed by atoms with Crippen LogP contribution in [0.25, 0.3) is 0 Å². The van der Waals surface area contributed by atoms with E-state index < -0.39 is 22.0 Å². The van der Waals surface area contributed by atoms with Crippen molar-refractivity contribution in [3.05, 3.63) is 58.1 Å². The van der Waals surface area contributed by atoms with Crippen LogP contribution in [0.2, 0.25) is 5.02 Å². The monoisotopic (exact) mass is 586 g/mol. The number of halogens is 1. The van der Waals surface area contributed by atoms with Gasteiger partial charge in [0.15, 0.2) is 0 Å². The summed E-state index contributed by atoms with van der Waals surface area (Å²) >= 11 is 6.38. The molecule has 1 fully saturated rings. The van der Waals surface area contributed by atoms with Crippen LogP contribution in [0.5, 0.6) is 5.75 Å². The number of nitrogens with one attached hydrogen (secondary N) is 1. The highest BCUT2D eigenvalue weighted by Crippen LogP contribution is 2.47. The number of nitrogens with zero attached hydrogens (tertiary/aromatic N) is 1. The number of carbonyl (C=O) groups is 1. The van der Waals surface area contributed by atoms with Crippen LogP contribution in [0.1, 0.15) is 73.4 Å². The molecule has 40 heavy (non-hydrogen) atoms. The molecule has 2 heterocycles. The minimum absolute atomic E-state index is 0.114. The van der Waals surface area contributed by atoms with Crippen LogP contribution in [0.4, 0.5) is 5.69 Å². The van der Waals surface area contributed by atoms with E-state index in [2.05, 4.69) is 28.7 Å². The number of rotatable bonds is 0. The van der Waals surface area contributed by atoms with Crippen LogP contribution < -0.4 is 14.4 Å². The first-order valence-electron chi connectivity index (χ1n) is 14.7. The number of carbonyl (C=O) groups excluding carboxylic acids is 1. The quantitative estimate of drug-likeness (QED) is 0.447. The Labute approximate surface area is 242 Å². The molecule has 216 valence electrons. The highest BCUT2D eigenvalue weighted by atomic mass is 35.5. The van der Waals surface area contributed by atoms with Crippen LogP contribution in [0.3, 0.4) is 0 Å². The van der Waals surface area contributed by atoms with Gasteiger partial charge in [0, 0.05) is 29.1 Å². The molecule has 6 rings (SSSR count). The Kier molecular flexibility index (Phi) is 7.55. The summed E-state index contributed by atoms with van der Waals surface area (Å²) in [6, 6.07) is 11.4. The molecule has 0 aromatic heterocycles. The van der Waals surface area contributed by atoms with Crippen molar-refractivity contribution in [2.24, 2.45) is 17.8 Å². The van der Waals surface area contributed by atoms with E-state index in [0.717, 1.165) is 49.4 Å². The lowest BCUT2D eigenvalue weighted by molar-refractivity contribution is 0.00140. The number of hydrogen-bond acceptors (Lipinski definition) is 6. The first-order valence-corrected chi connectivity index (χ1v) is 16.7. The SMILES string of the molecule is C[C@@H]1CCCS(=O)(=O)NC(=O)c2ccc3c(c2)N(C[C@@H]2CC[C@H]2[C@H](O)C1)C[C@@]1(CCCc2cc(Cl)ccc21)CO3. The van der Waals surface area contributed by atoms with Crippen LogP contribution >= 0.6 is 11.6 Å². The van der Waals surface area contributed by atoms with E-state index in [0.29, 0.717) is 49.6 Å². The number of aliphatic hydroxyl groups is 1. The summed E-state index contributed by atoms with van der Waals surface area (Å²) in [5, 5.41) is 11.9. The van der Waals surface area contributed by atoms with Crippen molar-refractivity contribution in [3.63, 3.8) is 0 Å². The Hall–Kier alpha value is -2.29. The maximum atomic E-state index is 13.1. The lowest BCUT2D eigenvalue weighted by Gasteiger charge is -2.46. The number of benzene rings is 2. The average molecular weight is 587 g/mol. The highest BCUT2D eigenvalue weighted by molar-refractivity contribution is 7.90. The predicted molar refractivity (Wildman–Crippen MR) is 157 cm³/mol. The van der Waals surface area contributed by atoms with Gasteiger partial charge in [-0.3, -0.25) is 4.79 Å². The molecule has 2 bridgehead atoms. The van der Waals surface area contributed by atoms with Crippen molar-refractivity contribution in [1.29, 1.82) is 0 Å². The van der Waals surface area contributed by atoms with Gasteiger partial charge < -0.3 is 14.7 Å². The zero-order valence-corrected chi connectivity index (χ0v) is 24.6. The summed E-state index contributed by atoms with van der Waals surface area (Å²) in [7, 11) is -3.77. The van der Waals surface area contributed by atoms with Gasteiger partial charge in [0.05, 0.1) is 24.2 Å². The van der Waals surface area contributed by atoms with Crippen molar-refractivity contribution < 1.29 is 23.1 Å². The molecule has 1 saturated carbocycles. The topological polar surface area (TPSA) is 95.9 Å². The number of ether oxygens (including phenoxy) is 1. The van der Waals surface area contributed by atoms with Crippen LogP contribution in [0.15, 0.2) is 36.4 Å². The second-order valence-corrected chi connectivity index (χ2v) is 14.9. The number of hydrogen-bond donors (Lipinski definition) is 2. The fourth-order valence-corrected chi connectivity index (χ4v) is 8.69. The zero-order valence-electron chi connectivity index (χ0n) is 23.1. The molecule has 9 heteroatoms. The van der Waals surface area contributed by atoms with Gasteiger partial charge >= 0.3 is 0 Å². The molecule has 2 aromatic rings. The first-order chi connectivity index (χ1) is 19.1. The smallest absolute Gasteiger partial charge is 0.264 e. The second kappa shape index (κ2) is 10.8. The molecule has 1 amide bonds. The van der Waals surface area contributed by atoms with Crippen molar-refractivity contribution in [2.75, 3.05) is 30.3 Å². The molecule has 2 N–H and O–H groups in total. The minimum Gasteiger partial charge on any atom is -0.490 e. The van der Waals surface area contributed by atoms with Crippen LogP contribution in [0, 0.1) is 17.8 Å². The Bertz CT molecular complexity index is 1400. The molecule has 0 saturated heterocycles. The summed E-state index contributed by atoms with van der Waals surface area (Å²) in [5.74, 6) is 0.725. The molecule has 1 spiro atoms. The zero-order chi connectivity index (χ0) is 28.1. The summed E-state index contributed by atoms with van der Waals surface area (Å²) in [6.07, 6.45) is 6.45. The van der Waals surface area contributed by atoms with Crippen molar-refractivity contribution in [3.8, 4) is 5.75 Å². The number of aryl methyl sites for hydroxylation is 1. The Morgan fingerprint density at radius 1 is 1.12 bits per heavy atom. The molecule has 4 aliphatic rings. The van der Waals surface area contributed by atoms with Gasteiger partial charge in [0.2, 0.25) is 10.0 Å². The van der Waals surface area contributed by atoms with Gasteiger partial charge in [-0.25, -0.2) is 13.1 Å². The highest BCUT2D eigenvalue weighted by Gasteiger charge is 2.44. The maximum Gasteiger partial charge on any atom is 0.264 e. The van der Waals surface area contributed by atoms with Crippen molar-refractivity contribution in [2.45, 2.75) is 69.8 Å². The van der Waals surface area contributed by atoms with E-state index in [1.165, 1.54) is 11.1 Å². The van der Waals surface area contributed by atoms with Crippen molar-refractivity contribution >= 4 is 33.2 Å². The number of sulfonamides is 1. The van der Waals surface area contributed by atoms with Gasteiger partial charge in [-0.15, -0.1) is 0 Å². The second-order valence-electron chi connectivity index (χ2n) is 12.6. The Morgan fingerprint density at radius 2 is 1.98 bits per heavy atom. The van der Waals surface area contributed by atoms with Gasteiger partial charge in [-0.1, -0.05) is 24.6 Å². The lowest BCUT2D eigenvalue weighted by atomic mass is 9.67. The Balaban J connectivity index is 1.40. The van der Waals surface area contributed by atoms with Gasteiger partial charge in [-0.05, 0) is 111 Å². The van der Waals surface area contributed by atoms with Gasteiger partial charge in [-0.2, -0.15) is 0 Å². The fraction of sp³-hybridized carbons (Fsp3) is 0.581. The summed E-state index contributed by atoms with van der Waals surface area (Å²) in [6.45, 7) is 4.05. The third-order valence-corrected chi connectivity index (χ3v) is 11.3. The molecular formula is C31H39ClN2O5S. The molecule has 7 nitrogen and oxygen atoms in total. The van der Waals surface area contributed by atoms with E-state index >= 15 is 0 Å². The first kappa shape index (κ1) is 27.9. The van der Waals surface area contributed by atoms with Crippen LogP contribution in [-0.4, -0.2) is 51.0 Å². The molecular weight excluding hydrogens is 548 g/mol. The van der Waals surface area contributed by atoms with E-state index in [9.17, 15) is 18.3 Å². The molecule has 0 radical (unpaired) electrons. The van der Waals surface area contributed by atoms with Gasteiger partial charge in [0.25, 0.3) is 5.91 Å². The van der Waals surface area contributed by atoms with Crippen LogP contribution in [-0.2, 0) is 21.9 Å². The number of anilines is 1. The Morgan fingerprint density at radius 3 is 2.77 bits per heavy atom. The fourth-order valence-electron chi connectivity index (χ4n) is 7.44. The predicted octanol–water partition coefficient (Wildman–Crippen LogP) is 5.08. The van der Waals surface area contributed by atoms with E-state index in [1.54, 1.807) is 18.2 Å². The third kappa shape index (κ3) is 5.47. The number of fused-ring (bicyclic) bond motifs is 4. The van der Waals surface area contributed by atoms with Crippen molar-refractivity contribution in [1.82, 2.24) is 4.72 Å². The molecule has 2 aromatic carbocycles. The normalized spacial score (nSPS) is 32.1. The molecule has 2 aliphatic carbocycles. The average Bonchev–Trinajstić information content (AvgIpc) is 3.02. The largest absolute Gasteiger partial charge is 0.490 e. The molecule has 5 atom stereocenters. The summed E-state index contributed by atoms with van der Waals surface area (Å²) in [5.41, 5.74) is 3.40. The standard InChI is InChI=1S/C31H39ClN2O5S/c1-20-4-3-13-40(37,38)33-30(36)22-7-11-29-27(16-22)34(17-23-6-9-25(23)28(35)14-20)18-31(19-39-29)12-2-5-21-15-24(32)8-10-26(21)31/h7-8,10-11,15-16,20,23,25,28,35H,2-6,9,12-14,17-19H2,1H3,(H,33,36)/t20-,23+,25-,28-,31+/m1/s1. The molecule has 0 unspecified atom stereocenters. The minimum atomic E-state index is -3.77. The summed E-state index contributed by atoms with van der Waals surface area (Å²) < 4.78 is 34.2. The van der Waals surface area contributed by atoms with E-state index in [1.807, 2.05) is 6.07 Å².